The quantitative estimate of drug-likeness (QED) is 0.869. The summed E-state index contributed by atoms with van der Waals surface area (Å²) in [5, 5.41) is 2.87. The van der Waals surface area contributed by atoms with Crippen LogP contribution in [0.25, 0.3) is 0 Å². The molecule has 3 N–H and O–H groups in total. The van der Waals surface area contributed by atoms with Crippen LogP contribution in [0.15, 0.2) is 24.3 Å². The number of benzene rings is 1. The maximum atomic E-state index is 12.0. The number of amides is 2. The fourth-order valence-electron chi connectivity index (χ4n) is 2.63. The van der Waals surface area contributed by atoms with Crippen molar-refractivity contribution >= 4 is 11.7 Å². The van der Waals surface area contributed by atoms with Crippen LogP contribution in [0.1, 0.15) is 12.8 Å². The summed E-state index contributed by atoms with van der Waals surface area (Å²) in [4.78, 5) is 13.8. The highest BCUT2D eigenvalue weighted by Crippen LogP contribution is 2.43. The van der Waals surface area contributed by atoms with Gasteiger partial charge in [-0.25, -0.2) is 4.79 Å². The van der Waals surface area contributed by atoms with Gasteiger partial charge in [-0.1, -0.05) is 6.07 Å². The van der Waals surface area contributed by atoms with E-state index in [0.29, 0.717) is 19.0 Å². The number of nitrogens with one attached hydrogen (secondary N) is 1. The van der Waals surface area contributed by atoms with E-state index < -0.39 is 0 Å². The number of anilines is 1. The molecule has 2 aliphatic rings. The minimum absolute atomic E-state index is 0.0880. The van der Waals surface area contributed by atoms with Gasteiger partial charge in [0.15, 0.2) is 0 Å². The van der Waals surface area contributed by atoms with Gasteiger partial charge in [-0.2, -0.15) is 0 Å². The SMILES string of the molecule is COc1cccc(NC(=O)N2CC(N)(C3CC3)C2)c1. The van der Waals surface area contributed by atoms with Crippen LogP contribution in [0.5, 0.6) is 5.75 Å². The first-order chi connectivity index (χ1) is 9.10. The highest BCUT2D eigenvalue weighted by molar-refractivity contribution is 5.90. The van der Waals surface area contributed by atoms with Gasteiger partial charge < -0.3 is 20.7 Å². The van der Waals surface area contributed by atoms with E-state index in [4.69, 9.17) is 10.5 Å². The maximum absolute atomic E-state index is 12.0. The summed E-state index contributed by atoms with van der Waals surface area (Å²) in [5.41, 5.74) is 6.84. The molecule has 2 amide bonds. The monoisotopic (exact) mass is 261 g/mol. The number of urea groups is 1. The highest BCUT2D eigenvalue weighted by Gasteiger charge is 2.51. The van der Waals surface area contributed by atoms with Crippen LogP contribution in [0.3, 0.4) is 0 Å². The number of carbonyl (C=O) groups is 1. The summed E-state index contributed by atoms with van der Waals surface area (Å²) in [6, 6.07) is 7.25. The fraction of sp³-hybridized carbons (Fsp3) is 0.500. The number of rotatable bonds is 3. The lowest BCUT2D eigenvalue weighted by molar-refractivity contribution is 0.0895. The molecule has 1 saturated carbocycles. The van der Waals surface area contributed by atoms with Crippen molar-refractivity contribution in [3.05, 3.63) is 24.3 Å². The molecule has 1 aliphatic heterocycles. The van der Waals surface area contributed by atoms with Crippen molar-refractivity contribution in [3.63, 3.8) is 0 Å². The predicted octanol–water partition coefficient (Wildman–Crippen LogP) is 1.65. The van der Waals surface area contributed by atoms with Gasteiger partial charge in [-0.3, -0.25) is 0 Å². The molecule has 0 atom stereocenters. The highest BCUT2D eigenvalue weighted by atomic mass is 16.5. The summed E-state index contributed by atoms with van der Waals surface area (Å²) >= 11 is 0. The van der Waals surface area contributed by atoms with E-state index >= 15 is 0 Å². The number of nitrogens with zero attached hydrogens (tertiary/aromatic N) is 1. The van der Waals surface area contributed by atoms with Crippen molar-refractivity contribution in [2.75, 3.05) is 25.5 Å². The lowest BCUT2D eigenvalue weighted by Gasteiger charge is -2.48. The zero-order valence-corrected chi connectivity index (χ0v) is 11.1. The first-order valence-electron chi connectivity index (χ1n) is 6.59. The van der Waals surface area contributed by atoms with E-state index in [0.717, 1.165) is 11.4 Å². The van der Waals surface area contributed by atoms with Crippen LogP contribution < -0.4 is 15.8 Å². The molecule has 1 aromatic carbocycles. The molecule has 3 rings (SSSR count). The van der Waals surface area contributed by atoms with E-state index in [1.54, 1.807) is 18.1 Å². The largest absolute Gasteiger partial charge is 0.497 e. The van der Waals surface area contributed by atoms with Crippen LogP contribution in [-0.2, 0) is 0 Å². The third-order valence-electron chi connectivity index (χ3n) is 3.97. The number of carbonyl (C=O) groups excluding carboxylic acids is 1. The summed E-state index contributed by atoms with van der Waals surface area (Å²) in [7, 11) is 1.61. The van der Waals surface area contributed by atoms with E-state index in [1.165, 1.54) is 12.8 Å². The Bertz CT molecular complexity index is 493. The molecular formula is C14H19N3O2. The van der Waals surface area contributed by atoms with E-state index in [2.05, 4.69) is 5.32 Å². The van der Waals surface area contributed by atoms with Gasteiger partial charge in [0.1, 0.15) is 5.75 Å². The minimum atomic E-state index is -0.133. The molecule has 0 aromatic heterocycles. The summed E-state index contributed by atoms with van der Waals surface area (Å²) in [6.45, 7) is 1.32. The fourth-order valence-corrected chi connectivity index (χ4v) is 2.63. The van der Waals surface area contributed by atoms with Gasteiger partial charge >= 0.3 is 6.03 Å². The molecule has 102 valence electrons. The van der Waals surface area contributed by atoms with Crippen molar-refractivity contribution in [3.8, 4) is 5.75 Å². The third kappa shape index (κ3) is 2.38. The first kappa shape index (κ1) is 12.3. The average molecular weight is 261 g/mol. The molecule has 1 heterocycles. The van der Waals surface area contributed by atoms with Gasteiger partial charge in [-0.15, -0.1) is 0 Å². The summed E-state index contributed by atoms with van der Waals surface area (Å²) < 4.78 is 5.13. The Kier molecular flexibility index (Phi) is 2.86. The van der Waals surface area contributed by atoms with Gasteiger partial charge in [0.05, 0.1) is 12.6 Å². The van der Waals surface area contributed by atoms with Crippen molar-refractivity contribution in [1.29, 1.82) is 0 Å². The first-order valence-corrected chi connectivity index (χ1v) is 6.59. The Labute approximate surface area is 112 Å². The van der Waals surface area contributed by atoms with Crippen molar-refractivity contribution < 1.29 is 9.53 Å². The van der Waals surface area contributed by atoms with Crippen molar-refractivity contribution in [2.24, 2.45) is 11.7 Å². The van der Waals surface area contributed by atoms with Crippen LogP contribution in [0, 0.1) is 5.92 Å². The molecule has 2 fully saturated rings. The maximum Gasteiger partial charge on any atom is 0.321 e. The van der Waals surface area contributed by atoms with Crippen LogP contribution in [-0.4, -0.2) is 36.7 Å². The van der Waals surface area contributed by atoms with Crippen LogP contribution >= 0.6 is 0 Å². The molecule has 0 bridgehead atoms. The molecule has 5 nitrogen and oxygen atoms in total. The Morgan fingerprint density at radius 2 is 2.21 bits per heavy atom. The minimum Gasteiger partial charge on any atom is -0.497 e. The molecule has 0 radical (unpaired) electrons. The molecule has 5 heteroatoms. The van der Waals surface area contributed by atoms with Crippen molar-refractivity contribution in [2.45, 2.75) is 18.4 Å². The summed E-state index contributed by atoms with van der Waals surface area (Å²) in [6.07, 6.45) is 2.42. The van der Waals surface area contributed by atoms with Crippen LogP contribution in [0.4, 0.5) is 10.5 Å². The number of hydrogen-bond acceptors (Lipinski definition) is 3. The standard InChI is InChI=1S/C14H19N3O2/c1-19-12-4-2-3-11(7-12)16-13(18)17-8-14(15,9-17)10-5-6-10/h2-4,7,10H,5-6,8-9,15H2,1H3,(H,16,18). The van der Waals surface area contributed by atoms with Gasteiger partial charge in [0.25, 0.3) is 0 Å². The van der Waals surface area contributed by atoms with E-state index in [-0.39, 0.29) is 11.6 Å². The second-order valence-electron chi connectivity index (χ2n) is 5.53. The molecule has 1 saturated heterocycles. The lowest BCUT2D eigenvalue weighted by atomic mass is 9.86. The molecule has 0 unspecified atom stereocenters. The Balaban J connectivity index is 1.57. The normalized spacial score (nSPS) is 20.6. The average Bonchev–Trinajstić information content (AvgIpc) is 3.19. The predicted molar refractivity (Wildman–Crippen MR) is 73.2 cm³/mol. The molecule has 1 aliphatic carbocycles. The zero-order valence-electron chi connectivity index (χ0n) is 11.1. The molecule has 0 spiro atoms. The number of methoxy groups -OCH3 is 1. The van der Waals surface area contributed by atoms with Crippen LogP contribution in [0.2, 0.25) is 0 Å². The Morgan fingerprint density at radius 1 is 1.47 bits per heavy atom. The zero-order chi connectivity index (χ0) is 13.5. The molecule has 19 heavy (non-hydrogen) atoms. The lowest BCUT2D eigenvalue weighted by Crippen LogP contribution is -2.70. The topological polar surface area (TPSA) is 67.6 Å². The smallest absolute Gasteiger partial charge is 0.321 e. The number of nitrogens with two attached hydrogens (primary N) is 1. The number of ether oxygens (including phenoxy) is 1. The van der Waals surface area contributed by atoms with Gasteiger partial charge in [0, 0.05) is 24.8 Å². The second-order valence-corrected chi connectivity index (χ2v) is 5.53. The Morgan fingerprint density at radius 3 is 2.84 bits per heavy atom. The second kappa shape index (κ2) is 4.42. The van der Waals surface area contributed by atoms with Crippen molar-refractivity contribution in [1.82, 2.24) is 4.90 Å². The van der Waals surface area contributed by atoms with E-state index in [1.807, 2.05) is 18.2 Å². The number of likely N-dealkylation sites (tertiary alicyclic amines) is 1. The van der Waals surface area contributed by atoms with Gasteiger partial charge in [0.2, 0.25) is 0 Å². The van der Waals surface area contributed by atoms with E-state index in [9.17, 15) is 4.79 Å². The third-order valence-corrected chi connectivity index (χ3v) is 3.97. The number of hydrogen-bond donors (Lipinski definition) is 2. The van der Waals surface area contributed by atoms with Gasteiger partial charge in [-0.05, 0) is 30.9 Å². The molecule has 1 aromatic rings. The Hall–Kier alpha value is -1.75. The summed E-state index contributed by atoms with van der Waals surface area (Å²) in [5.74, 6) is 1.35. The molecular weight excluding hydrogens is 242 g/mol.